The lowest BCUT2D eigenvalue weighted by Crippen LogP contribution is -2.40. The highest BCUT2D eigenvalue weighted by Crippen LogP contribution is 2.30. The van der Waals surface area contributed by atoms with Crippen molar-refractivity contribution in [3.63, 3.8) is 0 Å². The molecule has 2 aromatic heterocycles. The van der Waals surface area contributed by atoms with Gasteiger partial charge in [0.25, 0.3) is 5.56 Å². The molecule has 0 saturated heterocycles. The van der Waals surface area contributed by atoms with Gasteiger partial charge in [-0.25, -0.2) is 14.3 Å². The highest BCUT2D eigenvalue weighted by molar-refractivity contribution is 6.42. The number of halogens is 2. The fraction of sp³-hybridized carbons (Fsp3) is 0.227. The SMILES string of the molecule is O=c1c2c(ncn2Cc2ccc(Cl)c(Cl)c2)n(-c2ccccc2)c(=O)n1CC1CC1. The van der Waals surface area contributed by atoms with Crippen LogP contribution in [0.3, 0.4) is 0 Å². The van der Waals surface area contributed by atoms with Crippen molar-refractivity contribution >= 4 is 34.4 Å². The van der Waals surface area contributed by atoms with Gasteiger partial charge < -0.3 is 4.57 Å². The van der Waals surface area contributed by atoms with Gasteiger partial charge in [-0.05, 0) is 48.6 Å². The molecule has 0 atom stereocenters. The summed E-state index contributed by atoms with van der Waals surface area (Å²) in [6.07, 6.45) is 3.67. The predicted molar refractivity (Wildman–Crippen MR) is 118 cm³/mol. The van der Waals surface area contributed by atoms with Crippen LogP contribution in [0, 0.1) is 5.92 Å². The van der Waals surface area contributed by atoms with E-state index in [1.165, 1.54) is 9.13 Å². The molecule has 0 aliphatic heterocycles. The van der Waals surface area contributed by atoms with Crippen LogP contribution in [0.4, 0.5) is 0 Å². The minimum Gasteiger partial charge on any atom is -0.320 e. The van der Waals surface area contributed by atoms with Crippen molar-refractivity contribution in [1.29, 1.82) is 0 Å². The molecule has 1 fully saturated rings. The maximum atomic E-state index is 13.3. The van der Waals surface area contributed by atoms with Crippen molar-refractivity contribution in [3.05, 3.63) is 91.3 Å². The average molecular weight is 441 g/mol. The number of rotatable bonds is 5. The summed E-state index contributed by atoms with van der Waals surface area (Å²) in [5.41, 5.74) is 1.64. The Kier molecular flexibility index (Phi) is 4.76. The predicted octanol–water partition coefficient (Wildman–Crippen LogP) is 4.11. The summed E-state index contributed by atoms with van der Waals surface area (Å²) >= 11 is 12.2. The molecule has 6 nitrogen and oxygen atoms in total. The van der Waals surface area contributed by atoms with Crippen LogP contribution in [0.1, 0.15) is 18.4 Å². The van der Waals surface area contributed by atoms with Crippen LogP contribution in [0.2, 0.25) is 10.0 Å². The zero-order valence-electron chi connectivity index (χ0n) is 16.0. The Morgan fingerprint density at radius 2 is 1.77 bits per heavy atom. The third-order valence-corrected chi connectivity index (χ3v) is 6.13. The number of nitrogens with zero attached hydrogens (tertiary/aromatic N) is 4. The molecule has 4 aromatic rings. The van der Waals surface area contributed by atoms with E-state index in [9.17, 15) is 9.59 Å². The molecule has 1 aliphatic rings. The Labute approximate surface area is 181 Å². The highest BCUT2D eigenvalue weighted by atomic mass is 35.5. The Morgan fingerprint density at radius 3 is 2.47 bits per heavy atom. The molecule has 2 heterocycles. The summed E-state index contributed by atoms with van der Waals surface area (Å²) in [6, 6.07) is 14.6. The van der Waals surface area contributed by atoms with Crippen LogP contribution in [0.25, 0.3) is 16.9 Å². The summed E-state index contributed by atoms with van der Waals surface area (Å²) in [4.78, 5) is 31.0. The van der Waals surface area contributed by atoms with Crippen LogP contribution in [0.15, 0.2) is 64.4 Å². The molecular weight excluding hydrogens is 423 g/mol. The fourth-order valence-electron chi connectivity index (χ4n) is 3.66. The highest BCUT2D eigenvalue weighted by Gasteiger charge is 2.26. The third kappa shape index (κ3) is 3.36. The van der Waals surface area contributed by atoms with E-state index in [1.807, 2.05) is 36.4 Å². The Bertz CT molecular complexity index is 1370. The van der Waals surface area contributed by atoms with Gasteiger partial charge in [-0.1, -0.05) is 47.5 Å². The van der Waals surface area contributed by atoms with Crippen molar-refractivity contribution < 1.29 is 0 Å². The van der Waals surface area contributed by atoms with Gasteiger partial charge in [0, 0.05) is 13.1 Å². The zero-order valence-corrected chi connectivity index (χ0v) is 17.5. The zero-order chi connectivity index (χ0) is 20.8. The molecule has 1 aliphatic carbocycles. The van der Waals surface area contributed by atoms with Gasteiger partial charge in [0.1, 0.15) is 0 Å². The molecule has 0 spiro atoms. The van der Waals surface area contributed by atoms with E-state index in [0.29, 0.717) is 45.9 Å². The normalized spacial score (nSPS) is 13.8. The second-order valence-corrected chi connectivity index (χ2v) is 8.42. The monoisotopic (exact) mass is 440 g/mol. The van der Waals surface area contributed by atoms with Crippen molar-refractivity contribution in [1.82, 2.24) is 18.7 Å². The van der Waals surface area contributed by atoms with Crippen LogP contribution in [-0.4, -0.2) is 18.7 Å². The van der Waals surface area contributed by atoms with Gasteiger partial charge in [0.15, 0.2) is 11.2 Å². The number of para-hydroxylation sites is 1. The van der Waals surface area contributed by atoms with E-state index in [2.05, 4.69) is 4.98 Å². The first-order valence-electron chi connectivity index (χ1n) is 9.73. The molecule has 0 radical (unpaired) electrons. The summed E-state index contributed by atoms with van der Waals surface area (Å²) < 4.78 is 4.63. The third-order valence-electron chi connectivity index (χ3n) is 5.39. The minimum absolute atomic E-state index is 0.313. The Hall–Kier alpha value is -2.83. The first kappa shape index (κ1) is 19.2. The lowest BCUT2D eigenvalue weighted by atomic mass is 10.2. The van der Waals surface area contributed by atoms with E-state index < -0.39 is 0 Å². The van der Waals surface area contributed by atoms with Crippen molar-refractivity contribution in [2.75, 3.05) is 0 Å². The number of fused-ring (bicyclic) bond motifs is 1. The fourth-order valence-corrected chi connectivity index (χ4v) is 3.98. The van der Waals surface area contributed by atoms with Crippen LogP contribution in [-0.2, 0) is 13.1 Å². The van der Waals surface area contributed by atoms with E-state index in [0.717, 1.165) is 18.4 Å². The molecule has 8 heteroatoms. The first-order chi connectivity index (χ1) is 14.5. The van der Waals surface area contributed by atoms with Gasteiger partial charge in [-0.2, -0.15) is 0 Å². The van der Waals surface area contributed by atoms with Crippen molar-refractivity contribution in [2.24, 2.45) is 5.92 Å². The summed E-state index contributed by atoms with van der Waals surface area (Å²) in [6.45, 7) is 0.817. The lowest BCUT2D eigenvalue weighted by Gasteiger charge is -2.12. The van der Waals surface area contributed by atoms with E-state index >= 15 is 0 Å². The largest absolute Gasteiger partial charge is 0.337 e. The molecule has 152 valence electrons. The van der Waals surface area contributed by atoms with E-state index in [1.54, 1.807) is 23.0 Å². The molecular formula is C22H18Cl2N4O2. The average Bonchev–Trinajstić information content (AvgIpc) is 3.48. The minimum atomic E-state index is -0.356. The molecule has 2 aromatic carbocycles. The van der Waals surface area contributed by atoms with Gasteiger partial charge >= 0.3 is 5.69 Å². The van der Waals surface area contributed by atoms with Crippen LogP contribution < -0.4 is 11.2 Å². The first-order valence-corrected chi connectivity index (χ1v) is 10.5. The summed E-state index contributed by atoms with van der Waals surface area (Å²) in [5, 5.41) is 0.923. The van der Waals surface area contributed by atoms with Gasteiger partial charge in [0.05, 0.1) is 22.1 Å². The number of hydrogen-bond donors (Lipinski definition) is 0. The summed E-state index contributed by atoms with van der Waals surface area (Å²) in [5.74, 6) is 0.378. The lowest BCUT2D eigenvalue weighted by molar-refractivity contribution is 0.567. The maximum absolute atomic E-state index is 13.3. The topological polar surface area (TPSA) is 61.8 Å². The molecule has 0 bridgehead atoms. The van der Waals surface area contributed by atoms with Crippen molar-refractivity contribution in [2.45, 2.75) is 25.9 Å². The van der Waals surface area contributed by atoms with Crippen LogP contribution in [0.5, 0.6) is 0 Å². The Morgan fingerprint density at radius 1 is 1.00 bits per heavy atom. The molecule has 0 amide bonds. The second kappa shape index (κ2) is 7.45. The van der Waals surface area contributed by atoms with Gasteiger partial charge in [-0.3, -0.25) is 9.36 Å². The number of benzene rings is 2. The number of hydrogen-bond acceptors (Lipinski definition) is 3. The smallest absolute Gasteiger partial charge is 0.320 e. The molecule has 1 saturated carbocycles. The summed E-state index contributed by atoms with van der Waals surface area (Å²) in [7, 11) is 0. The molecule has 0 N–H and O–H groups in total. The van der Waals surface area contributed by atoms with Crippen LogP contribution >= 0.6 is 23.2 Å². The van der Waals surface area contributed by atoms with E-state index in [4.69, 9.17) is 23.2 Å². The van der Waals surface area contributed by atoms with Crippen molar-refractivity contribution in [3.8, 4) is 5.69 Å². The molecule has 5 rings (SSSR count). The number of aromatic nitrogens is 4. The second-order valence-electron chi connectivity index (χ2n) is 7.61. The quantitative estimate of drug-likeness (QED) is 0.468. The molecule has 0 unspecified atom stereocenters. The maximum Gasteiger partial charge on any atom is 0.337 e. The Balaban J connectivity index is 1.73. The van der Waals surface area contributed by atoms with E-state index in [-0.39, 0.29) is 11.2 Å². The molecule has 30 heavy (non-hydrogen) atoms. The standard InChI is InChI=1S/C22H18Cl2N4O2/c23-17-9-8-15(10-18(17)24)11-26-13-25-20-19(26)21(29)27(12-14-6-7-14)22(30)28(20)16-4-2-1-3-5-16/h1-5,8-10,13-14H,6-7,11-12H2. The van der Waals surface area contributed by atoms with Gasteiger partial charge in [-0.15, -0.1) is 0 Å². The van der Waals surface area contributed by atoms with Gasteiger partial charge in [0.2, 0.25) is 0 Å². The number of imidazole rings is 1.